The molecule has 0 radical (unpaired) electrons. The summed E-state index contributed by atoms with van der Waals surface area (Å²) in [6.45, 7) is 5.47. The molecular formula is C21H20BrN5O3. The van der Waals surface area contributed by atoms with Crippen molar-refractivity contribution in [2.24, 2.45) is 0 Å². The lowest BCUT2D eigenvalue weighted by Crippen LogP contribution is -2.30. The van der Waals surface area contributed by atoms with Crippen LogP contribution >= 0.6 is 15.9 Å². The summed E-state index contributed by atoms with van der Waals surface area (Å²) in [5.74, 6) is 0.596. The van der Waals surface area contributed by atoms with E-state index in [0.29, 0.717) is 28.5 Å². The van der Waals surface area contributed by atoms with Gasteiger partial charge in [0.1, 0.15) is 6.54 Å². The van der Waals surface area contributed by atoms with Crippen LogP contribution in [0.1, 0.15) is 25.8 Å². The van der Waals surface area contributed by atoms with Crippen molar-refractivity contribution >= 4 is 38.6 Å². The summed E-state index contributed by atoms with van der Waals surface area (Å²) in [5, 5.41) is 6.78. The zero-order valence-corrected chi connectivity index (χ0v) is 18.3. The lowest BCUT2D eigenvalue weighted by molar-refractivity contribution is -0.116. The lowest BCUT2D eigenvalue weighted by Gasteiger charge is -2.07. The van der Waals surface area contributed by atoms with Gasteiger partial charge in [0, 0.05) is 28.7 Å². The molecule has 9 heteroatoms. The molecule has 4 aromatic rings. The topological polar surface area (TPSA) is 95.0 Å². The second kappa shape index (κ2) is 7.91. The minimum absolute atomic E-state index is 0.0624. The minimum Gasteiger partial charge on any atom is -0.339 e. The first-order valence-corrected chi connectivity index (χ1v) is 10.2. The van der Waals surface area contributed by atoms with Crippen LogP contribution in [0.25, 0.3) is 22.4 Å². The molecule has 2 heterocycles. The quantitative estimate of drug-likeness (QED) is 0.473. The van der Waals surface area contributed by atoms with Crippen LogP contribution in [0.5, 0.6) is 0 Å². The van der Waals surface area contributed by atoms with Crippen LogP contribution in [-0.2, 0) is 11.3 Å². The maximum absolute atomic E-state index is 13.1. The van der Waals surface area contributed by atoms with Gasteiger partial charge in [-0.1, -0.05) is 27.2 Å². The molecule has 30 heavy (non-hydrogen) atoms. The summed E-state index contributed by atoms with van der Waals surface area (Å²) >= 11 is 3.38. The van der Waals surface area contributed by atoms with E-state index in [-0.39, 0.29) is 24.2 Å². The number of benzene rings is 2. The van der Waals surface area contributed by atoms with E-state index >= 15 is 0 Å². The minimum atomic E-state index is -0.293. The molecule has 0 unspecified atom stereocenters. The van der Waals surface area contributed by atoms with Gasteiger partial charge >= 0.3 is 5.69 Å². The summed E-state index contributed by atoms with van der Waals surface area (Å²) in [7, 11) is 0. The first kappa shape index (κ1) is 20.1. The Bertz CT molecular complexity index is 1300. The molecule has 0 spiro atoms. The van der Waals surface area contributed by atoms with Gasteiger partial charge in [0.15, 0.2) is 0 Å². The summed E-state index contributed by atoms with van der Waals surface area (Å²) in [6.07, 6.45) is 0. The van der Waals surface area contributed by atoms with Crippen LogP contribution in [0, 0.1) is 6.92 Å². The second-order valence-corrected chi connectivity index (χ2v) is 8.15. The monoisotopic (exact) mass is 469 g/mol. The third-order valence-electron chi connectivity index (χ3n) is 4.67. The van der Waals surface area contributed by atoms with Crippen molar-refractivity contribution in [2.75, 3.05) is 5.32 Å². The number of hydrogen-bond donors (Lipinski definition) is 1. The Morgan fingerprint density at radius 3 is 2.67 bits per heavy atom. The Hall–Kier alpha value is -3.20. The van der Waals surface area contributed by atoms with Gasteiger partial charge in [0.2, 0.25) is 17.6 Å². The maximum atomic E-state index is 13.1. The van der Waals surface area contributed by atoms with Crippen LogP contribution in [0.2, 0.25) is 0 Å². The third kappa shape index (κ3) is 3.80. The number of imidazole rings is 1. The number of nitrogens with one attached hydrogen (secondary N) is 1. The summed E-state index contributed by atoms with van der Waals surface area (Å²) < 4.78 is 9.07. The van der Waals surface area contributed by atoms with E-state index in [1.165, 1.54) is 4.57 Å². The molecule has 0 atom stereocenters. The predicted molar refractivity (Wildman–Crippen MR) is 117 cm³/mol. The van der Waals surface area contributed by atoms with Crippen molar-refractivity contribution in [1.29, 1.82) is 0 Å². The van der Waals surface area contributed by atoms with Gasteiger partial charge < -0.3 is 9.84 Å². The van der Waals surface area contributed by atoms with Crippen molar-refractivity contribution in [3.05, 3.63) is 63.3 Å². The Labute approximate surface area is 180 Å². The van der Waals surface area contributed by atoms with Gasteiger partial charge in [-0.15, -0.1) is 0 Å². The summed E-state index contributed by atoms with van der Waals surface area (Å²) in [5.41, 5.74) is 2.50. The van der Waals surface area contributed by atoms with Crippen LogP contribution in [0.3, 0.4) is 0 Å². The van der Waals surface area contributed by atoms with E-state index in [0.717, 1.165) is 9.99 Å². The normalized spacial score (nSPS) is 11.4. The van der Waals surface area contributed by atoms with Gasteiger partial charge in [-0.2, -0.15) is 4.98 Å². The van der Waals surface area contributed by atoms with E-state index < -0.39 is 0 Å². The van der Waals surface area contributed by atoms with E-state index in [1.807, 2.05) is 44.2 Å². The molecule has 2 aromatic heterocycles. The van der Waals surface area contributed by atoms with E-state index in [1.54, 1.807) is 23.6 Å². The number of fused-ring (bicyclic) bond motifs is 1. The van der Waals surface area contributed by atoms with E-state index in [9.17, 15) is 9.59 Å². The standard InChI is InChI=1S/C21H20BrN5O3/c1-12(2)27-17-8-7-14(20-23-13(3)30-25-20)9-18(17)26(21(27)29)11-19(28)24-16-6-4-5-15(22)10-16/h4-10,12H,11H2,1-3H3,(H,24,28). The zero-order chi connectivity index (χ0) is 21.4. The largest absolute Gasteiger partial charge is 0.339 e. The molecule has 0 aliphatic rings. The summed E-state index contributed by atoms with van der Waals surface area (Å²) in [6, 6.07) is 12.7. The highest BCUT2D eigenvalue weighted by Gasteiger charge is 2.19. The van der Waals surface area contributed by atoms with Crippen molar-refractivity contribution in [1.82, 2.24) is 19.3 Å². The van der Waals surface area contributed by atoms with E-state index in [4.69, 9.17) is 4.52 Å². The average Bonchev–Trinajstić information content (AvgIpc) is 3.23. The third-order valence-corrected chi connectivity index (χ3v) is 5.17. The average molecular weight is 470 g/mol. The number of aromatic nitrogens is 4. The number of carbonyl (C=O) groups is 1. The molecular weight excluding hydrogens is 450 g/mol. The van der Waals surface area contributed by atoms with Gasteiger partial charge in [0.25, 0.3) is 0 Å². The zero-order valence-electron chi connectivity index (χ0n) is 16.7. The number of rotatable bonds is 5. The van der Waals surface area contributed by atoms with Crippen molar-refractivity contribution in [3.63, 3.8) is 0 Å². The number of anilines is 1. The number of carbonyl (C=O) groups excluding carboxylic acids is 1. The number of nitrogens with zero attached hydrogens (tertiary/aromatic N) is 4. The Morgan fingerprint density at radius 2 is 2.00 bits per heavy atom. The van der Waals surface area contributed by atoms with E-state index in [2.05, 4.69) is 31.4 Å². The fraction of sp³-hybridized carbons (Fsp3) is 0.238. The van der Waals surface area contributed by atoms with Gasteiger partial charge in [-0.3, -0.25) is 13.9 Å². The summed E-state index contributed by atoms with van der Waals surface area (Å²) in [4.78, 5) is 30.1. The number of halogens is 1. The molecule has 0 bridgehead atoms. The highest BCUT2D eigenvalue weighted by Crippen LogP contribution is 2.24. The predicted octanol–water partition coefficient (Wildman–Crippen LogP) is 4.14. The van der Waals surface area contributed by atoms with Crippen molar-refractivity contribution in [2.45, 2.75) is 33.4 Å². The smallest absolute Gasteiger partial charge is 0.329 e. The SMILES string of the molecule is Cc1nc(-c2ccc3c(c2)n(CC(=O)Nc2cccc(Br)c2)c(=O)n3C(C)C)no1. The molecule has 2 aromatic carbocycles. The molecule has 1 N–H and O–H groups in total. The fourth-order valence-electron chi connectivity index (χ4n) is 3.40. The lowest BCUT2D eigenvalue weighted by atomic mass is 10.2. The molecule has 0 fully saturated rings. The number of aryl methyl sites for hydroxylation is 1. The van der Waals surface area contributed by atoms with Gasteiger partial charge in [0.05, 0.1) is 11.0 Å². The molecule has 0 saturated heterocycles. The Balaban J connectivity index is 1.76. The maximum Gasteiger partial charge on any atom is 0.329 e. The molecule has 8 nitrogen and oxygen atoms in total. The fourth-order valence-corrected chi connectivity index (χ4v) is 3.80. The van der Waals surface area contributed by atoms with Crippen LogP contribution < -0.4 is 11.0 Å². The number of hydrogen-bond acceptors (Lipinski definition) is 5. The molecule has 0 aliphatic carbocycles. The van der Waals surface area contributed by atoms with Crippen LogP contribution in [0.15, 0.2) is 56.3 Å². The Kier molecular flexibility index (Phi) is 5.29. The molecule has 0 aliphatic heterocycles. The first-order chi connectivity index (χ1) is 14.3. The molecule has 1 amide bonds. The van der Waals surface area contributed by atoms with Crippen LogP contribution in [-0.4, -0.2) is 25.2 Å². The Morgan fingerprint density at radius 1 is 1.20 bits per heavy atom. The second-order valence-electron chi connectivity index (χ2n) is 7.23. The van der Waals surface area contributed by atoms with Gasteiger partial charge in [-0.05, 0) is 50.2 Å². The highest BCUT2D eigenvalue weighted by molar-refractivity contribution is 9.10. The van der Waals surface area contributed by atoms with Crippen molar-refractivity contribution < 1.29 is 9.32 Å². The molecule has 4 rings (SSSR count). The van der Waals surface area contributed by atoms with Crippen LogP contribution in [0.4, 0.5) is 5.69 Å². The van der Waals surface area contributed by atoms with Gasteiger partial charge in [-0.25, -0.2) is 4.79 Å². The number of amides is 1. The molecule has 0 saturated carbocycles. The highest BCUT2D eigenvalue weighted by atomic mass is 79.9. The molecule has 154 valence electrons. The van der Waals surface area contributed by atoms with Crippen molar-refractivity contribution in [3.8, 4) is 11.4 Å². The first-order valence-electron chi connectivity index (χ1n) is 9.44.